The molecule has 0 bridgehead atoms. The van der Waals surface area contributed by atoms with Gasteiger partial charge in [0.2, 0.25) is 0 Å². The van der Waals surface area contributed by atoms with E-state index >= 15 is 0 Å². The number of carbonyl (C=O) groups excluding carboxylic acids is 6. The first-order valence-electron chi connectivity index (χ1n) is 16.3. The van der Waals surface area contributed by atoms with Crippen LogP contribution in [0.5, 0.6) is 34.5 Å². The molecule has 312 valence electrons. The number of aromatic carboxylic acids is 6. The number of carboxylic acids is 6. The number of rotatable bonds is 6. The average Bonchev–Trinajstić information content (AvgIpc) is 3.19. The number of carbonyl (C=O) groups is 6. The molecule has 0 aromatic heterocycles. The van der Waals surface area contributed by atoms with E-state index in [0.29, 0.717) is 0 Å². The summed E-state index contributed by atoms with van der Waals surface area (Å²) in [7, 11) is 0. The summed E-state index contributed by atoms with van der Waals surface area (Å²) in [6, 6.07) is 33.8. The van der Waals surface area contributed by atoms with Crippen molar-refractivity contribution >= 4 is 35.8 Å². The van der Waals surface area contributed by atoms with E-state index in [1.165, 1.54) is 109 Å². The van der Waals surface area contributed by atoms with Crippen LogP contribution in [-0.2, 0) is 0 Å². The third-order valence-corrected chi connectivity index (χ3v) is 6.74. The maximum absolute atomic E-state index is 10.2. The minimum absolute atomic E-state index is 0. The van der Waals surface area contributed by atoms with Gasteiger partial charge in [0, 0.05) is 33.4 Å². The Morgan fingerprint density at radius 2 is 0.318 bits per heavy atom. The van der Waals surface area contributed by atoms with Crippen LogP contribution in [0.2, 0.25) is 0 Å². The van der Waals surface area contributed by atoms with Crippen molar-refractivity contribution in [3.63, 3.8) is 0 Å². The van der Waals surface area contributed by atoms with Crippen molar-refractivity contribution in [1.82, 2.24) is 0 Å². The predicted octanol–water partition coefficient (Wildman–Crippen LogP) is -19.4. The molecule has 6 N–H and O–H groups in total. The minimum Gasteiger partial charge on any atom is -0.545 e. The van der Waals surface area contributed by atoms with Crippen LogP contribution in [0.3, 0.4) is 0 Å². The summed E-state index contributed by atoms with van der Waals surface area (Å²) in [5, 5.41) is 114. The van der Waals surface area contributed by atoms with Gasteiger partial charge in [-0.2, -0.15) is 0 Å². The number of aromatic hydroxyl groups is 6. The molecule has 0 aliphatic carbocycles. The van der Waals surface area contributed by atoms with E-state index in [-0.39, 0.29) is 245 Å². The van der Waals surface area contributed by atoms with Crippen molar-refractivity contribution in [2.75, 3.05) is 0 Å². The zero-order chi connectivity index (χ0) is 45.4. The Kier molecular flexibility index (Phi) is 46.2. The monoisotopic (exact) mass is 960 g/mol. The van der Waals surface area contributed by atoms with Gasteiger partial charge in [-0.1, -0.05) is 72.8 Å². The number of hydrogen-bond donors (Lipinski definition) is 6. The Bertz CT molecular complexity index is 1990. The van der Waals surface area contributed by atoms with E-state index in [4.69, 9.17) is 30.6 Å². The van der Waals surface area contributed by atoms with Gasteiger partial charge in [-0.3, -0.25) is 0 Å². The third-order valence-electron chi connectivity index (χ3n) is 6.74. The van der Waals surface area contributed by atoms with E-state index in [0.717, 1.165) is 0 Å². The molecule has 6 aromatic rings. The summed E-state index contributed by atoms with van der Waals surface area (Å²) in [5.41, 5.74) is -1.07. The second-order valence-corrected chi connectivity index (χ2v) is 10.8. The molecule has 0 unspecified atom stereocenters. The minimum atomic E-state index is -1.36. The topological polar surface area (TPSA) is 362 Å². The molecule has 0 spiro atoms. The molecule has 18 nitrogen and oxygen atoms in total. The first-order chi connectivity index (χ1) is 28.3. The molecule has 0 aliphatic heterocycles. The van der Waals surface area contributed by atoms with E-state index < -0.39 is 35.8 Å². The number of phenols is 6. The Morgan fingerprint density at radius 3 is 0.379 bits per heavy atom. The SMILES string of the molecule is O=C([O-])c1ccccc1O.O=C([O-])c1ccccc1O.O=C([O-])c1ccccc1O.O=C([O-])c1ccccc1O.O=C([O-])c1ccccc1O.O=C([O-])c1ccccc1O.[Na+].[Na+].[Na+].[Na+].[Na+].[Na+]. The molecule has 24 heteroatoms. The number of benzene rings is 6. The molecule has 0 aliphatic rings. The van der Waals surface area contributed by atoms with Crippen molar-refractivity contribution < 1.29 is 267 Å². The first kappa shape index (κ1) is 74.5. The molecule has 6 rings (SSSR count). The fourth-order valence-electron chi connectivity index (χ4n) is 3.88. The van der Waals surface area contributed by atoms with Gasteiger partial charge in [-0.05, 0) is 72.8 Å². The molecule has 0 heterocycles. The number of carboxylic acid groups (broad SMARTS) is 6. The zero-order valence-corrected chi connectivity index (χ0v) is 48.4. The normalized spacial score (nSPS) is 8.36. The van der Waals surface area contributed by atoms with Crippen LogP contribution >= 0.6 is 0 Å². The molecule has 6 aromatic carbocycles. The quantitative estimate of drug-likeness (QED) is 0.0844. The second-order valence-electron chi connectivity index (χ2n) is 10.8. The smallest absolute Gasteiger partial charge is 0.545 e. The summed E-state index contributed by atoms with van der Waals surface area (Å²) in [6.45, 7) is 0. The molecular weight excluding hydrogens is 930 g/mol. The fourth-order valence-corrected chi connectivity index (χ4v) is 3.88. The summed E-state index contributed by atoms with van der Waals surface area (Å²) >= 11 is 0. The number of para-hydroxylation sites is 6. The van der Waals surface area contributed by atoms with Crippen LogP contribution in [0.1, 0.15) is 62.1 Å². The van der Waals surface area contributed by atoms with Gasteiger partial charge < -0.3 is 90.0 Å². The fraction of sp³-hybridized carbons (Fsp3) is 0. The molecule has 0 atom stereocenters. The van der Waals surface area contributed by atoms with E-state index in [9.17, 15) is 59.4 Å². The largest absolute Gasteiger partial charge is 1.00 e. The predicted molar refractivity (Wildman–Crippen MR) is 195 cm³/mol. The van der Waals surface area contributed by atoms with Gasteiger partial charge in [0.25, 0.3) is 0 Å². The van der Waals surface area contributed by atoms with Crippen molar-refractivity contribution in [2.24, 2.45) is 0 Å². The standard InChI is InChI=1S/6C7H6O3.6Na/c6*8-6-4-2-1-3-5(6)7(9)10;;;;;;/h6*1-4,8H,(H,9,10);;;;;;/q;;;;;;6*+1/p-6. The molecule has 0 amide bonds. The van der Waals surface area contributed by atoms with Gasteiger partial charge in [0.1, 0.15) is 34.5 Å². The molecule has 0 radical (unpaired) electrons. The van der Waals surface area contributed by atoms with Crippen molar-refractivity contribution in [2.45, 2.75) is 0 Å². The maximum Gasteiger partial charge on any atom is 1.00 e. The van der Waals surface area contributed by atoms with Crippen LogP contribution in [0.25, 0.3) is 0 Å². The average molecular weight is 961 g/mol. The second kappa shape index (κ2) is 41.0. The summed E-state index contributed by atoms with van der Waals surface area (Å²) in [6.07, 6.45) is 0. The molecule has 0 saturated carbocycles. The van der Waals surface area contributed by atoms with E-state index in [1.807, 2.05) is 0 Å². The molecular formula is C42H30Na6O18. The Balaban J connectivity index is -0.000000161. The van der Waals surface area contributed by atoms with Crippen LogP contribution < -0.4 is 208 Å². The maximum atomic E-state index is 10.2. The molecule has 0 fully saturated rings. The zero-order valence-electron chi connectivity index (χ0n) is 36.4. The Labute approximate surface area is 509 Å². The van der Waals surface area contributed by atoms with Gasteiger partial charge >= 0.3 is 177 Å². The molecule has 66 heavy (non-hydrogen) atoms. The number of hydrogen-bond acceptors (Lipinski definition) is 18. The van der Waals surface area contributed by atoms with Crippen LogP contribution in [0, 0.1) is 0 Å². The van der Waals surface area contributed by atoms with Crippen LogP contribution in [-0.4, -0.2) is 66.5 Å². The van der Waals surface area contributed by atoms with Gasteiger partial charge in [0.05, 0.1) is 35.8 Å². The van der Waals surface area contributed by atoms with Gasteiger partial charge in [-0.25, -0.2) is 0 Å². The summed E-state index contributed by atoms with van der Waals surface area (Å²) in [5.74, 6) is -9.75. The van der Waals surface area contributed by atoms with Crippen molar-refractivity contribution in [3.8, 4) is 34.5 Å². The summed E-state index contributed by atoms with van der Waals surface area (Å²) in [4.78, 5) is 60.9. The van der Waals surface area contributed by atoms with Crippen molar-refractivity contribution in [1.29, 1.82) is 0 Å². The van der Waals surface area contributed by atoms with Gasteiger partial charge in [0.15, 0.2) is 0 Å². The van der Waals surface area contributed by atoms with Crippen molar-refractivity contribution in [3.05, 3.63) is 179 Å². The Hall–Kier alpha value is -3.06. The summed E-state index contributed by atoms with van der Waals surface area (Å²) < 4.78 is 0. The van der Waals surface area contributed by atoms with Crippen LogP contribution in [0.4, 0.5) is 0 Å². The Morgan fingerprint density at radius 1 is 0.227 bits per heavy atom. The molecule has 0 saturated heterocycles. The van der Waals surface area contributed by atoms with E-state index in [2.05, 4.69) is 0 Å². The van der Waals surface area contributed by atoms with E-state index in [1.54, 1.807) is 36.4 Å². The van der Waals surface area contributed by atoms with Gasteiger partial charge in [-0.15, -0.1) is 0 Å². The van der Waals surface area contributed by atoms with Crippen LogP contribution in [0.15, 0.2) is 146 Å². The third kappa shape index (κ3) is 29.0. The first-order valence-corrected chi connectivity index (χ1v) is 16.3.